The molecule has 0 radical (unpaired) electrons. The number of hydrogen-bond donors (Lipinski definition) is 2. The number of aryl methyl sites for hydroxylation is 1. The highest BCUT2D eigenvalue weighted by Gasteiger charge is 2.12. The Morgan fingerprint density at radius 3 is 2.72 bits per heavy atom. The van der Waals surface area contributed by atoms with E-state index in [9.17, 15) is 4.79 Å². The Kier molecular flexibility index (Phi) is 5.52. The molecule has 2 amide bonds. The topological polar surface area (TPSA) is 71.8 Å². The van der Waals surface area contributed by atoms with Crippen LogP contribution in [0.5, 0.6) is 0 Å². The zero-order valence-corrected chi connectivity index (χ0v) is 16.3. The maximum atomic E-state index is 12.2. The molecule has 2 N–H and O–H groups in total. The van der Waals surface area contributed by atoms with Gasteiger partial charge in [0, 0.05) is 24.8 Å². The van der Waals surface area contributed by atoms with Crippen molar-refractivity contribution in [2.45, 2.75) is 19.9 Å². The normalized spacial score (nSPS) is 10.8. The minimum absolute atomic E-state index is 0.223. The van der Waals surface area contributed by atoms with E-state index < -0.39 is 0 Å². The molecule has 0 atom stereocenters. The summed E-state index contributed by atoms with van der Waals surface area (Å²) in [5, 5.41) is 5.77. The van der Waals surface area contributed by atoms with Crippen LogP contribution in [0.15, 0.2) is 72.9 Å². The first-order chi connectivity index (χ1) is 14.2. The maximum absolute atomic E-state index is 12.2. The molecular weight excluding hydrogens is 362 g/mol. The summed E-state index contributed by atoms with van der Waals surface area (Å²) >= 11 is 0. The molecule has 0 aliphatic rings. The van der Waals surface area contributed by atoms with Crippen LogP contribution in [-0.4, -0.2) is 27.1 Å². The number of benzene rings is 2. The van der Waals surface area contributed by atoms with E-state index in [-0.39, 0.29) is 6.03 Å². The summed E-state index contributed by atoms with van der Waals surface area (Å²) in [5.74, 6) is 0.901. The highest BCUT2D eigenvalue weighted by atomic mass is 16.2. The van der Waals surface area contributed by atoms with Crippen LogP contribution in [0.1, 0.15) is 17.0 Å². The molecule has 29 heavy (non-hydrogen) atoms. The SMILES string of the molecule is Cc1cccc(NC(=O)NCCc2nc3cccnc3n2Cc2ccccc2)c1. The van der Waals surface area contributed by atoms with Crippen LogP contribution in [-0.2, 0) is 13.0 Å². The number of fused-ring (bicyclic) bond motifs is 1. The summed E-state index contributed by atoms with van der Waals surface area (Å²) in [5.41, 5.74) is 4.79. The molecule has 2 aromatic carbocycles. The average Bonchev–Trinajstić information content (AvgIpc) is 3.06. The highest BCUT2D eigenvalue weighted by molar-refractivity contribution is 5.89. The summed E-state index contributed by atoms with van der Waals surface area (Å²) in [6.07, 6.45) is 2.40. The summed E-state index contributed by atoms with van der Waals surface area (Å²) in [6, 6.07) is 21.6. The molecule has 2 heterocycles. The molecule has 0 aliphatic heterocycles. The highest BCUT2D eigenvalue weighted by Crippen LogP contribution is 2.16. The number of nitrogens with one attached hydrogen (secondary N) is 2. The lowest BCUT2D eigenvalue weighted by Crippen LogP contribution is -2.31. The van der Waals surface area contributed by atoms with Gasteiger partial charge in [-0.15, -0.1) is 0 Å². The number of pyridine rings is 1. The average molecular weight is 385 g/mol. The number of hydrogen-bond acceptors (Lipinski definition) is 3. The quantitative estimate of drug-likeness (QED) is 0.524. The summed E-state index contributed by atoms with van der Waals surface area (Å²) < 4.78 is 2.12. The van der Waals surface area contributed by atoms with Gasteiger partial charge in [-0.1, -0.05) is 42.5 Å². The number of carbonyl (C=O) groups is 1. The van der Waals surface area contributed by atoms with Gasteiger partial charge >= 0.3 is 6.03 Å². The van der Waals surface area contributed by atoms with E-state index in [0.717, 1.165) is 28.2 Å². The summed E-state index contributed by atoms with van der Waals surface area (Å²) in [7, 11) is 0. The van der Waals surface area contributed by atoms with Gasteiger partial charge in [0.15, 0.2) is 5.65 Å². The van der Waals surface area contributed by atoms with Gasteiger partial charge in [-0.05, 0) is 42.3 Å². The molecule has 0 bridgehead atoms. The van der Waals surface area contributed by atoms with Crippen molar-refractivity contribution < 1.29 is 4.79 Å². The molecule has 0 saturated heterocycles. The molecule has 4 rings (SSSR count). The molecule has 0 unspecified atom stereocenters. The number of nitrogens with zero attached hydrogens (tertiary/aromatic N) is 3. The lowest BCUT2D eigenvalue weighted by molar-refractivity contribution is 0.252. The molecule has 0 aliphatic carbocycles. The van der Waals surface area contributed by atoms with Crippen LogP contribution < -0.4 is 10.6 Å². The molecule has 4 aromatic rings. The van der Waals surface area contributed by atoms with Crippen molar-refractivity contribution in [3.05, 3.63) is 89.9 Å². The standard InChI is InChI=1S/C23H23N5O/c1-17-7-5-10-19(15-17)26-23(29)25-14-12-21-27-20-11-6-13-24-22(20)28(21)16-18-8-3-2-4-9-18/h2-11,13,15H,12,14,16H2,1H3,(H2,25,26,29). The van der Waals surface area contributed by atoms with Crippen LogP contribution in [0.4, 0.5) is 10.5 Å². The Morgan fingerprint density at radius 1 is 1.03 bits per heavy atom. The third-order valence-corrected chi connectivity index (χ3v) is 4.68. The van der Waals surface area contributed by atoms with Crippen molar-refractivity contribution in [1.29, 1.82) is 0 Å². The lowest BCUT2D eigenvalue weighted by Gasteiger charge is -2.10. The molecule has 0 spiro atoms. The molecule has 6 heteroatoms. The van der Waals surface area contributed by atoms with E-state index in [1.807, 2.05) is 61.5 Å². The van der Waals surface area contributed by atoms with E-state index in [0.29, 0.717) is 19.5 Å². The zero-order valence-electron chi connectivity index (χ0n) is 16.3. The Bertz CT molecular complexity index is 1120. The minimum atomic E-state index is -0.223. The zero-order chi connectivity index (χ0) is 20.1. The second-order valence-corrected chi connectivity index (χ2v) is 6.95. The molecule has 2 aromatic heterocycles. The minimum Gasteiger partial charge on any atom is -0.337 e. The Labute approximate surface area is 169 Å². The van der Waals surface area contributed by atoms with Gasteiger partial charge in [-0.2, -0.15) is 0 Å². The van der Waals surface area contributed by atoms with E-state index in [4.69, 9.17) is 4.98 Å². The van der Waals surface area contributed by atoms with Crippen molar-refractivity contribution in [3.8, 4) is 0 Å². The number of anilines is 1. The predicted octanol–water partition coefficient (Wildman–Crippen LogP) is 4.15. The predicted molar refractivity (Wildman–Crippen MR) is 115 cm³/mol. The summed E-state index contributed by atoms with van der Waals surface area (Å²) in [4.78, 5) is 21.4. The van der Waals surface area contributed by atoms with Crippen molar-refractivity contribution in [2.75, 3.05) is 11.9 Å². The molecule has 0 saturated carbocycles. The number of rotatable bonds is 6. The van der Waals surface area contributed by atoms with Gasteiger partial charge < -0.3 is 15.2 Å². The van der Waals surface area contributed by atoms with E-state index >= 15 is 0 Å². The number of carbonyl (C=O) groups excluding carboxylic acids is 1. The molecule has 0 fully saturated rings. The number of imidazole rings is 1. The first-order valence-corrected chi connectivity index (χ1v) is 9.64. The van der Waals surface area contributed by atoms with Gasteiger partial charge in [0.2, 0.25) is 0 Å². The van der Waals surface area contributed by atoms with Crippen molar-refractivity contribution in [2.24, 2.45) is 0 Å². The second kappa shape index (κ2) is 8.56. The van der Waals surface area contributed by atoms with Crippen LogP contribution in [0, 0.1) is 6.92 Å². The molecule has 6 nitrogen and oxygen atoms in total. The maximum Gasteiger partial charge on any atom is 0.319 e. The van der Waals surface area contributed by atoms with Crippen LogP contribution in [0.2, 0.25) is 0 Å². The third-order valence-electron chi connectivity index (χ3n) is 4.68. The van der Waals surface area contributed by atoms with Gasteiger partial charge in [0.05, 0.1) is 6.54 Å². The van der Waals surface area contributed by atoms with Crippen LogP contribution in [0.25, 0.3) is 11.2 Å². The first kappa shape index (κ1) is 18.7. The number of amides is 2. The van der Waals surface area contributed by atoms with Crippen LogP contribution in [0.3, 0.4) is 0 Å². The fourth-order valence-electron chi connectivity index (χ4n) is 3.31. The molecular formula is C23H23N5O. The van der Waals surface area contributed by atoms with Crippen molar-refractivity contribution >= 4 is 22.9 Å². The van der Waals surface area contributed by atoms with E-state index in [1.54, 1.807) is 6.20 Å². The fraction of sp³-hybridized carbons (Fsp3) is 0.174. The van der Waals surface area contributed by atoms with Gasteiger partial charge in [0.1, 0.15) is 11.3 Å². The second-order valence-electron chi connectivity index (χ2n) is 6.95. The Morgan fingerprint density at radius 2 is 1.90 bits per heavy atom. The smallest absolute Gasteiger partial charge is 0.319 e. The molecule has 146 valence electrons. The largest absolute Gasteiger partial charge is 0.337 e. The number of aromatic nitrogens is 3. The van der Waals surface area contributed by atoms with Gasteiger partial charge in [-0.3, -0.25) is 0 Å². The Hall–Kier alpha value is -3.67. The number of urea groups is 1. The summed E-state index contributed by atoms with van der Waals surface area (Å²) in [6.45, 7) is 3.17. The lowest BCUT2D eigenvalue weighted by atomic mass is 10.2. The van der Waals surface area contributed by atoms with E-state index in [1.165, 1.54) is 5.56 Å². The Balaban J connectivity index is 1.45. The van der Waals surface area contributed by atoms with Crippen LogP contribution >= 0.6 is 0 Å². The van der Waals surface area contributed by atoms with E-state index in [2.05, 4.69) is 32.3 Å². The monoisotopic (exact) mass is 385 g/mol. The van der Waals surface area contributed by atoms with Crippen molar-refractivity contribution in [1.82, 2.24) is 19.9 Å². The van der Waals surface area contributed by atoms with Crippen molar-refractivity contribution in [3.63, 3.8) is 0 Å². The third kappa shape index (κ3) is 4.60. The first-order valence-electron chi connectivity index (χ1n) is 9.64. The van der Waals surface area contributed by atoms with Gasteiger partial charge in [0.25, 0.3) is 0 Å². The fourth-order valence-corrected chi connectivity index (χ4v) is 3.31. The van der Waals surface area contributed by atoms with Gasteiger partial charge in [-0.25, -0.2) is 14.8 Å².